The highest BCUT2D eigenvalue weighted by Gasteiger charge is 2.46. The third-order valence-electron chi connectivity index (χ3n) is 18.4. The maximum atomic E-state index is 15.0. The Hall–Kier alpha value is -9.78. The Kier molecular flexibility index (Phi) is 40.9. The number of amides is 15. The Morgan fingerprint density at radius 3 is 1.73 bits per heavy atom. The van der Waals surface area contributed by atoms with Gasteiger partial charge in [-0.25, -0.2) is 4.79 Å². The fraction of sp³-hybridized carbons (Fsp3) is 0.735. The number of carboxylic acids is 2. The average molecular weight is 1570 g/mol. The van der Waals surface area contributed by atoms with Crippen LogP contribution in [0.1, 0.15) is 165 Å². The number of piperidine rings is 1. The number of carbonyl (C=O) groups excluding carboxylic acids is 16. The molecule has 15 amide bonds. The number of cyclic esters (lactones) is 1. The van der Waals surface area contributed by atoms with E-state index in [1.165, 1.54) is 13.8 Å². The van der Waals surface area contributed by atoms with Crippen molar-refractivity contribution in [1.82, 2.24) is 57.7 Å². The summed E-state index contributed by atoms with van der Waals surface area (Å²) in [5.41, 5.74) is 27.8. The molecule has 0 aromatic carbocycles. The first-order chi connectivity index (χ1) is 51.3. The molecule has 2 heterocycles. The predicted molar refractivity (Wildman–Crippen MR) is 383 cm³/mol. The molecule has 19 atom stereocenters. The molecule has 42 nitrogen and oxygen atoms in total. The van der Waals surface area contributed by atoms with Crippen LogP contribution in [0.15, 0.2) is 0 Å². The molecule has 2 saturated heterocycles. The van der Waals surface area contributed by atoms with Crippen LogP contribution < -0.4 is 76.5 Å². The van der Waals surface area contributed by atoms with Crippen molar-refractivity contribution in [1.29, 1.82) is 0 Å². The molecule has 0 saturated carbocycles. The monoisotopic (exact) mass is 1570 g/mol. The number of primary amides is 4. The number of esters is 1. The summed E-state index contributed by atoms with van der Waals surface area (Å²) in [6, 6.07) is -22.0. The third-order valence-corrected chi connectivity index (χ3v) is 18.4. The number of aliphatic carboxylic acids is 2. The highest BCUT2D eigenvalue weighted by atomic mass is 16.5. The van der Waals surface area contributed by atoms with E-state index in [0.29, 0.717) is 6.42 Å². The van der Waals surface area contributed by atoms with Gasteiger partial charge in [-0.2, -0.15) is 0 Å². The van der Waals surface area contributed by atoms with Crippen LogP contribution >= 0.6 is 0 Å². The lowest BCUT2D eigenvalue weighted by Crippen LogP contribution is -2.64. The van der Waals surface area contributed by atoms with Crippen molar-refractivity contribution in [2.24, 2.45) is 52.3 Å². The number of nitrogens with zero attached hydrogens (tertiary/aromatic N) is 2. The SMILES string of the molecule is CCO[C@H](C(N)=O)[C@@H]1NC(=O)[C@H](CCC(N)=O)N(C)C(=O)[C@H](CC(C)C)NC(=O)[C@@H](CCCCN)NC(=O)[C@@H]([C@@H](C)O)NC(=O)[C@H](NC(=O)[C@H](CCC(N)=O)NC(=O)[C@H](O)[C@H](O)[C@H](CCC(N)=O)NC(=O)[C@@H](CC(=O)O)NC(=O)[C@H](C)[C@H](O)[C@H](C)CC(C)C)[C@@H](C)OC(=O)[C@@H]2CCCCN2C(=O)[C@@H](CC(=O)O)NC1=O. The average Bonchev–Trinajstić information content (AvgIpc) is 0.895. The van der Waals surface area contributed by atoms with Gasteiger partial charge in [0.2, 0.25) is 82.7 Å². The van der Waals surface area contributed by atoms with Crippen molar-refractivity contribution in [3.05, 3.63) is 0 Å². The number of aliphatic hydroxyl groups is 4. The molecule has 0 radical (unpaired) electrons. The molecule has 2 aliphatic heterocycles. The van der Waals surface area contributed by atoms with Gasteiger partial charge in [0.15, 0.2) is 12.2 Å². The van der Waals surface area contributed by atoms with Gasteiger partial charge in [0.25, 0.3) is 5.91 Å². The minimum absolute atomic E-state index is 0.0605. The number of nitrogens with one attached hydrogen (secondary N) is 9. The van der Waals surface area contributed by atoms with E-state index in [9.17, 15) is 112 Å². The van der Waals surface area contributed by atoms with Crippen molar-refractivity contribution in [3.8, 4) is 0 Å². The first-order valence-corrected chi connectivity index (χ1v) is 36.4. The fourth-order valence-corrected chi connectivity index (χ4v) is 12.4. The Morgan fingerprint density at radius 2 is 1.18 bits per heavy atom. The number of ether oxygens (including phenoxy) is 2. The van der Waals surface area contributed by atoms with Gasteiger partial charge >= 0.3 is 17.9 Å². The number of likely N-dealkylation sites (N-methyl/N-ethyl adjacent to an activating group) is 1. The number of carbonyl (C=O) groups is 18. The molecule has 0 bridgehead atoms. The number of hydrogen-bond donors (Lipinski definition) is 20. The lowest BCUT2D eigenvalue weighted by molar-refractivity contribution is -0.164. The van der Waals surface area contributed by atoms with Crippen LogP contribution in [0.2, 0.25) is 0 Å². The summed E-state index contributed by atoms with van der Waals surface area (Å²) in [4.78, 5) is 251. The van der Waals surface area contributed by atoms with Gasteiger partial charge in [-0.05, 0) is 116 Å². The van der Waals surface area contributed by atoms with Crippen molar-refractivity contribution in [2.45, 2.75) is 268 Å². The largest absolute Gasteiger partial charge is 0.481 e. The Bertz CT molecular complexity index is 3250. The van der Waals surface area contributed by atoms with Crippen LogP contribution in [-0.2, 0) is 95.8 Å². The van der Waals surface area contributed by atoms with Gasteiger partial charge in [0.1, 0.15) is 72.6 Å². The number of fused-ring (bicyclic) bond motifs is 1. The molecule has 622 valence electrons. The predicted octanol–water partition coefficient (Wildman–Crippen LogP) is -7.90. The van der Waals surface area contributed by atoms with Gasteiger partial charge in [-0.3, -0.25) is 81.5 Å². The van der Waals surface area contributed by atoms with Crippen LogP contribution in [0.3, 0.4) is 0 Å². The van der Waals surface area contributed by atoms with Crippen LogP contribution in [0.4, 0.5) is 0 Å². The fourth-order valence-electron chi connectivity index (χ4n) is 12.4. The van der Waals surface area contributed by atoms with E-state index in [4.69, 9.17) is 38.1 Å². The van der Waals surface area contributed by atoms with E-state index in [-0.39, 0.29) is 70.6 Å². The molecule has 0 aliphatic carbocycles. The van der Waals surface area contributed by atoms with Gasteiger partial charge in [0.05, 0.1) is 37.0 Å². The van der Waals surface area contributed by atoms with E-state index in [2.05, 4.69) is 47.9 Å². The van der Waals surface area contributed by atoms with Crippen LogP contribution in [0.25, 0.3) is 0 Å². The first-order valence-electron chi connectivity index (χ1n) is 36.4. The molecule has 2 aliphatic rings. The van der Waals surface area contributed by atoms with Crippen LogP contribution in [0.5, 0.6) is 0 Å². The molecule has 2 rings (SSSR count). The lowest BCUT2D eigenvalue weighted by Gasteiger charge is -2.37. The zero-order chi connectivity index (χ0) is 83.9. The number of rotatable bonds is 38. The number of carboxylic acid groups (broad SMARTS) is 2. The number of nitrogens with two attached hydrogens (primary N) is 5. The first kappa shape index (κ1) is 96.3. The maximum absolute atomic E-state index is 15.0. The molecular weight excluding hydrogens is 1460 g/mol. The lowest BCUT2D eigenvalue weighted by atomic mass is 9.87. The van der Waals surface area contributed by atoms with E-state index in [1.54, 1.807) is 20.8 Å². The topological polar surface area (TPSA) is 692 Å². The van der Waals surface area contributed by atoms with Gasteiger partial charge < -0.3 is 126 Å². The highest BCUT2D eigenvalue weighted by Crippen LogP contribution is 2.25. The van der Waals surface area contributed by atoms with E-state index >= 15 is 4.79 Å². The molecule has 0 unspecified atom stereocenters. The van der Waals surface area contributed by atoms with Crippen molar-refractivity contribution in [3.63, 3.8) is 0 Å². The van der Waals surface area contributed by atoms with Crippen molar-refractivity contribution < 1.29 is 126 Å². The molecule has 110 heavy (non-hydrogen) atoms. The quantitative estimate of drug-likeness (QED) is 0.0202. The van der Waals surface area contributed by atoms with Crippen molar-refractivity contribution in [2.75, 3.05) is 26.7 Å². The minimum atomic E-state index is -2.78. The summed E-state index contributed by atoms with van der Waals surface area (Å²) < 4.78 is 11.3. The number of unbranched alkanes of at least 4 members (excludes halogenated alkanes) is 1. The maximum Gasteiger partial charge on any atom is 0.329 e. The van der Waals surface area contributed by atoms with E-state index in [1.807, 2.05) is 13.8 Å². The summed E-state index contributed by atoms with van der Waals surface area (Å²) in [5, 5.41) is 85.7. The molecule has 2 fully saturated rings. The second-order valence-electron chi connectivity index (χ2n) is 28.5. The van der Waals surface area contributed by atoms with Gasteiger partial charge in [-0.1, -0.05) is 41.5 Å². The molecule has 0 spiro atoms. The summed E-state index contributed by atoms with van der Waals surface area (Å²) in [6.45, 7) is 12.6. The molecule has 0 aromatic rings. The second-order valence-corrected chi connectivity index (χ2v) is 28.5. The number of hydrogen-bond acceptors (Lipinski definition) is 25. The molecular formula is C68H114N16O26. The standard InChI is InChI=1S/C68H114N16O26/c1-11-109-55(56(73)96)51-64(104)79-41(29-48(91)92)67(107)84-25-15-13-17-43(84)68(108)110-35(9)50(63(103)80-49(34(8)85)62(102)75-37(16-12-14-24-69)58(98)78-40(27-31(4)5)66(106)83(10)42(61(101)82-51)20-23-46(72)88)81-59(99)38(19-22-45(71)87)76-65(105)54(95)53(94)36(18-21-44(70)86)74-60(100)39(28-47(89)90)77-57(97)33(7)52(93)32(6)26-30(2)3/h30-43,49-55,85,93-95H,11-29,69H2,1-10H3,(H2,70,86)(H2,71,87)(H2,72,88)(H2,73,96)(H,74,100)(H,75,102)(H,76,105)(H,77,97)(H,78,98)(H,79,104)(H,80,103)(H,81,99)(H,82,101)(H,89,90)(H,91,92)/t32-,33-,34-,35-,36+,37-,38+,39-,40+,41-,42+,43+,49-,50-,51+,52-,53-,54-,55+/m1/s1. The molecule has 0 aromatic heterocycles. The summed E-state index contributed by atoms with van der Waals surface area (Å²) in [5.74, 6) is -26.1. The normalized spacial score (nSPS) is 23.8. The summed E-state index contributed by atoms with van der Waals surface area (Å²) in [7, 11) is 1.07. The van der Waals surface area contributed by atoms with Crippen LogP contribution in [-0.4, -0.2) is 277 Å². The zero-order valence-electron chi connectivity index (χ0n) is 63.7. The van der Waals surface area contributed by atoms with Gasteiger partial charge in [-0.15, -0.1) is 0 Å². The highest BCUT2D eigenvalue weighted by molar-refractivity contribution is 6.01. The van der Waals surface area contributed by atoms with E-state index in [0.717, 1.165) is 30.7 Å². The molecule has 42 heteroatoms. The number of aliphatic hydroxyl groups excluding tert-OH is 4. The van der Waals surface area contributed by atoms with E-state index < -0.39 is 279 Å². The van der Waals surface area contributed by atoms with Gasteiger partial charge in [0, 0.05) is 39.5 Å². The summed E-state index contributed by atoms with van der Waals surface area (Å²) in [6.07, 6.45) is -19.1. The Balaban J connectivity index is 3.03. The molecule has 25 N–H and O–H groups in total. The second kappa shape index (κ2) is 46.7. The van der Waals surface area contributed by atoms with Crippen molar-refractivity contribution >= 4 is 107 Å². The Labute approximate surface area is 635 Å². The minimum Gasteiger partial charge on any atom is -0.481 e. The van der Waals surface area contributed by atoms with Crippen LogP contribution in [0, 0.1) is 23.7 Å². The zero-order valence-corrected chi connectivity index (χ0v) is 63.7. The Morgan fingerprint density at radius 1 is 0.609 bits per heavy atom. The smallest absolute Gasteiger partial charge is 0.329 e. The third kappa shape index (κ3) is 31.3. The summed E-state index contributed by atoms with van der Waals surface area (Å²) >= 11 is 0.